The van der Waals surface area contributed by atoms with Crippen LogP contribution in [0.2, 0.25) is 0 Å². The van der Waals surface area contributed by atoms with E-state index in [1.165, 1.54) is 11.3 Å². The van der Waals surface area contributed by atoms with Crippen molar-refractivity contribution < 1.29 is 14.3 Å². The van der Waals surface area contributed by atoms with E-state index in [0.29, 0.717) is 13.0 Å². The van der Waals surface area contributed by atoms with E-state index in [1.54, 1.807) is 0 Å². The molecule has 0 bridgehead atoms. The third-order valence-electron chi connectivity index (χ3n) is 3.83. The summed E-state index contributed by atoms with van der Waals surface area (Å²) in [6.45, 7) is 6.08. The van der Waals surface area contributed by atoms with Crippen LogP contribution in [0, 0.1) is 0 Å². The first-order chi connectivity index (χ1) is 10.9. The summed E-state index contributed by atoms with van der Waals surface area (Å²) in [6.07, 6.45) is 1.87. The van der Waals surface area contributed by atoms with Crippen molar-refractivity contribution >= 4 is 18.2 Å². The molecule has 0 saturated carbocycles. The Morgan fingerprint density at radius 3 is 2.61 bits per heavy atom. The number of hydrogen-bond acceptors (Lipinski definition) is 5. The average molecular weight is 315 g/mol. The van der Waals surface area contributed by atoms with Crippen molar-refractivity contribution in [2.24, 2.45) is 4.99 Å². The number of esters is 1. The fourth-order valence-corrected chi connectivity index (χ4v) is 2.92. The number of carbonyl (C=O) groups excluding carboxylic acids is 2. The third-order valence-corrected chi connectivity index (χ3v) is 3.83. The molecule has 122 valence electrons. The molecule has 23 heavy (non-hydrogen) atoms. The maximum atomic E-state index is 12.6. The molecule has 2 aliphatic heterocycles. The highest BCUT2D eigenvalue weighted by Crippen LogP contribution is 2.34. The highest BCUT2D eigenvalue weighted by Gasteiger charge is 2.45. The molecule has 2 atom stereocenters. The number of carbonyl (C=O) groups is 2. The molecule has 2 aliphatic rings. The normalized spacial score (nSPS) is 24.7. The van der Waals surface area contributed by atoms with Crippen molar-refractivity contribution in [3.63, 3.8) is 0 Å². The monoisotopic (exact) mass is 315 g/mol. The molecule has 0 unspecified atom stereocenters. The molecule has 1 amide bonds. The summed E-state index contributed by atoms with van der Waals surface area (Å²) in [5.74, 6) is -0.376. The van der Waals surface area contributed by atoms with Crippen LogP contribution in [0.15, 0.2) is 35.3 Å². The average Bonchev–Trinajstić information content (AvgIpc) is 2.87. The first kappa shape index (κ1) is 15.7. The summed E-state index contributed by atoms with van der Waals surface area (Å²) in [5, 5.41) is 3.41. The lowest BCUT2D eigenvalue weighted by Gasteiger charge is -2.39. The molecule has 6 heteroatoms. The van der Waals surface area contributed by atoms with Gasteiger partial charge >= 0.3 is 5.97 Å². The Morgan fingerprint density at radius 2 is 1.96 bits per heavy atom. The van der Waals surface area contributed by atoms with Gasteiger partial charge in [-0.3, -0.25) is 9.79 Å². The van der Waals surface area contributed by atoms with Crippen LogP contribution in [0.5, 0.6) is 0 Å². The van der Waals surface area contributed by atoms with Gasteiger partial charge in [-0.2, -0.15) is 0 Å². The molecule has 1 aromatic rings. The Balaban J connectivity index is 1.96. The van der Waals surface area contributed by atoms with Gasteiger partial charge in [-0.1, -0.05) is 30.3 Å². The van der Waals surface area contributed by atoms with E-state index in [0.717, 1.165) is 5.56 Å². The minimum Gasteiger partial charge on any atom is -0.458 e. The van der Waals surface area contributed by atoms with Crippen LogP contribution in [0.25, 0.3) is 0 Å². The highest BCUT2D eigenvalue weighted by atomic mass is 16.6. The second-order valence-electron chi connectivity index (χ2n) is 6.75. The third kappa shape index (κ3) is 3.12. The lowest BCUT2D eigenvalue weighted by Crippen LogP contribution is -2.51. The van der Waals surface area contributed by atoms with Gasteiger partial charge in [0.2, 0.25) is 5.91 Å². The standard InChI is InChI=1S/C17H21N3O3/c1-17(2,3)23-16(22)14-15(12-7-5-4-6-8-12)19-10-9-13(21)20(19)11-18-14/h4-8,11,14-15H,9-10H2,1-3H3/t14-,15+/m0/s1. The van der Waals surface area contributed by atoms with Crippen molar-refractivity contribution in [1.82, 2.24) is 10.0 Å². The number of amides is 1. The van der Waals surface area contributed by atoms with Gasteiger partial charge in [0, 0.05) is 13.0 Å². The number of aliphatic imine (C=N–C) groups is 1. The van der Waals surface area contributed by atoms with E-state index in [9.17, 15) is 9.59 Å². The molecule has 0 aromatic heterocycles. The van der Waals surface area contributed by atoms with Gasteiger partial charge in [0.05, 0.1) is 6.04 Å². The van der Waals surface area contributed by atoms with Crippen LogP contribution in [0.1, 0.15) is 38.8 Å². The van der Waals surface area contributed by atoms with Gasteiger partial charge in [0.15, 0.2) is 6.04 Å². The zero-order valence-corrected chi connectivity index (χ0v) is 13.6. The minimum absolute atomic E-state index is 0.00248. The second-order valence-corrected chi connectivity index (χ2v) is 6.75. The van der Waals surface area contributed by atoms with Crippen molar-refractivity contribution in [1.29, 1.82) is 0 Å². The second kappa shape index (κ2) is 5.77. The van der Waals surface area contributed by atoms with E-state index < -0.39 is 11.6 Å². The van der Waals surface area contributed by atoms with Crippen LogP contribution < -0.4 is 0 Å². The number of benzene rings is 1. The summed E-state index contributed by atoms with van der Waals surface area (Å²) >= 11 is 0. The van der Waals surface area contributed by atoms with E-state index >= 15 is 0 Å². The van der Waals surface area contributed by atoms with E-state index in [-0.39, 0.29) is 17.9 Å². The van der Waals surface area contributed by atoms with Crippen LogP contribution in [0.3, 0.4) is 0 Å². The highest BCUT2D eigenvalue weighted by molar-refractivity contribution is 5.91. The molecular formula is C17H21N3O3. The number of hydrogen-bond donors (Lipinski definition) is 0. The van der Waals surface area contributed by atoms with Gasteiger partial charge in [-0.25, -0.2) is 14.8 Å². The zero-order valence-electron chi connectivity index (χ0n) is 13.6. The Hall–Kier alpha value is -2.21. The first-order valence-electron chi connectivity index (χ1n) is 7.76. The Bertz CT molecular complexity index is 636. The van der Waals surface area contributed by atoms with Gasteiger partial charge in [0.25, 0.3) is 0 Å². The Labute approximate surface area is 135 Å². The van der Waals surface area contributed by atoms with Crippen LogP contribution in [-0.2, 0) is 14.3 Å². The molecule has 1 fully saturated rings. The molecule has 0 aliphatic carbocycles. The lowest BCUT2D eigenvalue weighted by atomic mass is 9.98. The molecule has 3 rings (SSSR count). The molecule has 2 heterocycles. The predicted molar refractivity (Wildman–Crippen MR) is 85.5 cm³/mol. The summed E-state index contributed by atoms with van der Waals surface area (Å²) in [6, 6.07) is 8.64. The number of fused-ring (bicyclic) bond motifs is 1. The number of rotatable bonds is 2. The number of ether oxygens (including phenoxy) is 1. The maximum absolute atomic E-state index is 12.6. The number of nitrogens with zero attached hydrogens (tertiary/aromatic N) is 3. The Morgan fingerprint density at radius 1 is 1.26 bits per heavy atom. The van der Waals surface area contributed by atoms with Gasteiger partial charge in [-0.15, -0.1) is 0 Å². The minimum atomic E-state index is -0.682. The number of hydrazine groups is 1. The molecule has 0 spiro atoms. The molecule has 6 nitrogen and oxygen atoms in total. The van der Waals surface area contributed by atoms with Gasteiger partial charge in [-0.05, 0) is 26.3 Å². The summed E-state index contributed by atoms with van der Waals surface area (Å²) < 4.78 is 5.52. The van der Waals surface area contributed by atoms with E-state index in [2.05, 4.69) is 4.99 Å². The van der Waals surface area contributed by atoms with Crippen molar-refractivity contribution in [2.75, 3.05) is 6.54 Å². The summed E-state index contributed by atoms with van der Waals surface area (Å²) in [5.41, 5.74) is 0.367. The zero-order chi connectivity index (χ0) is 16.6. The van der Waals surface area contributed by atoms with Crippen molar-refractivity contribution in [3.05, 3.63) is 35.9 Å². The van der Waals surface area contributed by atoms with E-state index in [4.69, 9.17) is 4.74 Å². The van der Waals surface area contributed by atoms with Crippen LogP contribution in [0.4, 0.5) is 0 Å². The smallest absolute Gasteiger partial charge is 0.333 e. The topological polar surface area (TPSA) is 62.2 Å². The SMILES string of the molecule is CC(C)(C)OC(=O)[C@H]1N=CN2C(=O)CCN2[C@@H]1c1ccccc1. The molecular weight excluding hydrogens is 294 g/mol. The van der Waals surface area contributed by atoms with Gasteiger partial charge in [0.1, 0.15) is 11.9 Å². The molecule has 0 N–H and O–H groups in total. The van der Waals surface area contributed by atoms with Crippen molar-refractivity contribution in [3.8, 4) is 0 Å². The quantitative estimate of drug-likeness (QED) is 0.782. The van der Waals surface area contributed by atoms with Crippen LogP contribution >= 0.6 is 0 Å². The first-order valence-corrected chi connectivity index (χ1v) is 7.76. The molecule has 1 saturated heterocycles. The maximum Gasteiger partial charge on any atom is 0.333 e. The fourth-order valence-electron chi connectivity index (χ4n) is 2.92. The predicted octanol–water partition coefficient (Wildman–Crippen LogP) is 1.93. The fraction of sp³-hybridized carbons (Fsp3) is 0.471. The molecule has 0 radical (unpaired) electrons. The largest absolute Gasteiger partial charge is 0.458 e. The van der Waals surface area contributed by atoms with E-state index in [1.807, 2.05) is 56.1 Å². The summed E-state index contributed by atoms with van der Waals surface area (Å²) in [7, 11) is 0. The Kier molecular flexibility index (Phi) is 3.93. The van der Waals surface area contributed by atoms with Crippen LogP contribution in [-0.4, -0.2) is 46.4 Å². The summed E-state index contributed by atoms with van der Waals surface area (Å²) in [4.78, 5) is 28.9. The molecule has 1 aromatic carbocycles. The van der Waals surface area contributed by atoms with Crippen molar-refractivity contribution in [2.45, 2.75) is 44.9 Å². The van der Waals surface area contributed by atoms with Gasteiger partial charge < -0.3 is 4.74 Å². The lowest BCUT2D eigenvalue weighted by molar-refractivity contribution is -0.161.